The molecule has 1 aliphatic rings. The number of nitrogens with two attached hydrogens (primary N) is 1. The third-order valence-corrected chi connectivity index (χ3v) is 4.75. The van der Waals surface area contributed by atoms with Gasteiger partial charge in [-0.05, 0) is 60.2 Å². The molecule has 2 N–H and O–H groups in total. The number of nitrogens with zero attached hydrogens (tertiary/aromatic N) is 4. The Morgan fingerprint density at radius 1 is 1.25 bits per heavy atom. The fourth-order valence-corrected chi connectivity index (χ4v) is 3.24. The second-order valence-electron chi connectivity index (χ2n) is 5.60. The summed E-state index contributed by atoms with van der Waals surface area (Å²) in [5, 5.41) is 12.3. The van der Waals surface area contributed by atoms with Crippen molar-refractivity contribution in [1.29, 1.82) is 0 Å². The molecule has 0 spiro atoms. The van der Waals surface area contributed by atoms with Crippen LogP contribution in [0.4, 0.5) is 5.69 Å². The van der Waals surface area contributed by atoms with Gasteiger partial charge in [0.15, 0.2) is 5.82 Å². The van der Waals surface area contributed by atoms with Crippen molar-refractivity contribution < 1.29 is 0 Å². The molecule has 106 valence electrons. The van der Waals surface area contributed by atoms with E-state index in [2.05, 4.69) is 38.4 Å². The summed E-state index contributed by atoms with van der Waals surface area (Å²) in [4.78, 5) is 0. The van der Waals surface area contributed by atoms with Crippen molar-refractivity contribution in [2.75, 3.05) is 5.73 Å². The Balaban J connectivity index is 1.96. The normalized spacial score (nSPS) is 22.9. The van der Waals surface area contributed by atoms with E-state index in [1.807, 2.05) is 22.9 Å². The molecule has 1 saturated carbocycles. The fraction of sp³-hybridized carbons (Fsp3) is 0.500. The van der Waals surface area contributed by atoms with Crippen LogP contribution < -0.4 is 5.73 Å². The molecule has 0 amide bonds. The van der Waals surface area contributed by atoms with Crippen LogP contribution in [-0.2, 0) is 0 Å². The maximum atomic E-state index is 5.88. The number of aromatic nitrogens is 4. The topological polar surface area (TPSA) is 69.6 Å². The van der Waals surface area contributed by atoms with Crippen molar-refractivity contribution in [1.82, 2.24) is 20.2 Å². The van der Waals surface area contributed by atoms with E-state index >= 15 is 0 Å². The summed E-state index contributed by atoms with van der Waals surface area (Å²) in [7, 11) is 0. The summed E-state index contributed by atoms with van der Waals surface area (Å²) in [6.07, 6.45) is 4.75. The van der Waals surface area contributed by atoms with Crippen molar-refractivity contribution >= 4 is 21.6 Å². The number of anilines is 1. The Morgan fingerprint density at radius 3 is 2.75 bits per heavy atom. The van der Waals surface area contributed by atoms with Crippen LogP contribution in [-0.4, -0.2) is 20.2 Å². The predicted molar refractivity (Wildman–Crippen MR) is 82.0 cm³/mol. The molecule has 3 rings (SSSR count). The van der Waals surface area contributed by atoms with Gasteiger partial charge in [0.2, 0.25) is 0 Å². The average molecular weight is 336 g/mol. The summed E-state index contributed by atoms with van der Waals surface area (Å²) in [5.74, 6) is 1.61. The molecule has 0 bridgehead atoms. The van der Waals surface area contributed by atoms with E-state index in [0.29, 0.717) is 6.04 Å². The zero-order chi connectivity index (χ0) is 14.1. The van der Waals surface area contributed by atoms with Crippen molar-refractivity contribution in [3.05, 3.63) is 22.7 Å². The number of halogens is 1. The first-order valence-corrected chi connectivity index (χ1v) is 7.77. The molecular formula is C14H18BrN5. The molecule has 0 saturated heterocycles. The van der Waals surface area contributed by atoms with Crippen LogP contribution >= 0.6 is 15.9 Å². The highest BCUT2D eigenvalue weighted by Crippen LogP contribution is 2.35. The SMILES string of the molecule is CC1CCC(n2nnnc2-c2cc(N)ccc2Br)CC1. The largest absolute Gasteiger partial charge is 0.399 e. The van der Waals surface area contributed by atoms with E-state index < -0.39 is 0 Å². The zero-order valence-corrected chi connectivity index (χ0v) is 13.0. The van der Waals surface area contributed by atoms with E-state index in [-0.39, 0.29) is 0 Å². The standard InChI is InChI=1S/C14H18BrN5/c1-9-2-5-11(6-3-9)20-14(17-18-19-20)12-8-10(16)4-7-13(12)15/h4,7-9,11H,2-3,5-6,16H2,1H3. The molecule has 5 nitrogen and oxygen atoms in total. The van der Waals surface area contributed by atoms with Crippen molar-refractivity contribution in [2.45, 2.75) is 38.6 Å². The van der Waals surface area contributed by atoms with Gasteiger partial charge in [-0.2, -0.15) is 0 Å². The van der Waals surface area contributed by atoms with Gasteiger partial charge in [0.05, 0.1) is 6.04 Å². The molecule has 1 aliphatic carbocycles. The fourth-order valence-electron chi connectivity index (χ4n) is 2.82. The lowest BCUT2D eigenvalue weighted by Crippen LogP contribution is -2.18. The highest BCUT2D eigenvalue weighted by Gasteiger charge is 2.24. The third kappa shape index (κ3) is 2.57. The van der Waals surface area contributed by atoms with E-state index in [1.165, 1.54) is 12.8 Å². The van der Waals surface area contributed by atoms with E-state index in [1.54, 1.807) is 0 Å². The molecule has 0 aliphatic heterocycles. The number of hydrogen-bond acceptors (Lipinski definition) is 4. The minimum absolute atomic E-state index is 0.393. The Morgan fingerprint density at radius 2 is 2.00 bits per heavy atom. The zero-order valence-electron chi connectivity index (χ0n) is 11.5. The molecular weight excluding hydrogens is 318 g/mol. The van der Waals surface area contributed by atoms with Gasteiger partial charge in [-0.3, -0.25) is 0 Å². The van der Waals surface area contributed by atoms with Crippen molar-refractivity contribution in [3.8, 4) is 11.4 Å². The first-order valence-electron chi connectivity index (χ1n) is 6.98. The van der Waals surface area contributed by atoms with Crippen LogP contribution in [0, 0.1) is 5.92 Å². The molecule has 6 heteroatoms. The molecule has 1 aromatic heterocycles. The second kappa shape index (κ2) is 5.52. The van der Waals surface area contributed by atoms with Crippen LogP contribution in [0.25, 0.3) is 11.4 Å². The maximum Gasteiger partial charge on any atom is 0.183 e. The Labute approximate surface area is 126 Å². The van der Waals surface area contributed by atoms with E-state index in [9.17, 15) is 0 Å². The molecule has 2 aromatic rings. The third-order valence-electron chi connectivity index (χ3n) is 4.06. The van der Waals surface area contributed by atoms with Crippen LogP contribution in [0.3, 0.4) is 0 Å². The monoisotopic (exact) mass is 335 g/mol. The molecule has 0 atom stereocenters. The summed E-state index contributed by atoms with van der Waals surface area (Å²) in [6.45, 7) is 2.31. The highest BCUT2D eigenvalue weighted by molar-refractivity contribution is 9.10. The number of hydrogen-bond donors (Lipinski definition) is 1. The summed E-state index contributed by atoms with van der Waals surface area (Å²) in [6, 6.07) is 6.11. The van der Waals surface area contributed by atoms with Crippen molar-refractivity contribution in [3.63, 3.8) is 0 Å². The molecule has 0 radical (unpaired) electrons. The van der Waals surface area contributed by atoms with E-state index in [4.69, 9.17) is 5.73 Å². The highest BCUT2D eigenvalue weighted by atomic mass is 79.9. The van der Waals surface area contributed by atoms with Crippen LogP contribution in [0.15, 0.2) is 22.7 Å². The van der Waals surface area contributed by atoms with Gasteiger partial charge in [-0.15, -0.1) is 5.10 Å². The number of tetrazole rings is 1. The predicted octanol–water partition coefficient (Wildman–Crippen LogP) is 3.44. The van der Waals surface area contributed by atoms with Crippen LogP contribution in [0.5, 0.6) is 0 Å². The summed E-state index contributed by atoms with van der Waals surface area (Å²) >= 11 is 3.56. The Hall–Kier alpha value is -1.43. The van der Waals surface area contributed by atoms with E-state index in [0.717, 1.165) is 40.3 Å². The number of rotatable bonds is 2. The van der Waals surface area contributed by atoms with Crippen LogP contribution in [0.2, 0.25) is 0 Å². The molecule has 1 heterocycles. The first kappa shape index (κ1) is 13.5. The van der Waals surface area contributed by atoms with Gasteiger partial charge >= 0.3 is 0 Å². The van der Waals surface area contributed by atoms with Crippen LogP contribution in [0.1, 0.15) is 38.6 Å². The summed E-state index contributed by atoms with van der Waals surface area (Å²) < 4.78 is 2.93. The second-order valence-corrected chi connectivity index (χ2v) is 6.45. The van der Waals surface area contributed by atoms with Gasteiger partial charge in [-0.1, -0.05) is 22.9 Å². The maximum absolute atomic E-state index is 5.88. The van der Waals surface area contributed by atoms with Gasteiger partial charge < -0.3 is 5.73 Å². The molecule has 0 unspecified atom stereocenters. The van der Waals surface area contributed by atoms with Gasteiger partial charge in [0.25, 0.3) is 0 Å². The number of nitrogen functional groups attached to an aromatic ring is 1. The summed E-state index contributed by atoms with van der Waals surface area (Å²) in [5.41, 5.74) is 7.55. The Bertz CT molecular complexity index is 601. The number of benzene rings is 1. The lowest BCUT2D eigenvalue weighted by atomic mass is 9.87. The lowest BCUT2D eigenvalue weighted by Gasteiger charge is -2.26. The first-order chi connectivity index (χ1) is 9.65. The van der Waals surface area contributed by atoms with Gasteiger partial charge in [-0.25, -0.2) is 4.68 Å². The van der Waals surface area contributed by atoms with Crippen molar-refractivity contribution in [2.24, 2.45) is 5.92 Å². The quantitative estimate of drug-likeness (QED) is 0.853. The Kier molecular flexibility index (Phi) is 3.74. The smallest absolute Gasteiger partial charge is 0.183 e. The molecule has 20 heavy (non-hydrogen) atoms. The molecule has 1 aromatic carbocycles. The average Bonchev–Trinajstić information content (AvgIpc) is 2.91. The van der Waals surface area contributed by atoms with Gasteiger partial charge in [0.1, 0.15) is 0 Å². The lowest BCUT2D eigenvalue weighted by molar-refractivity contribution is 0.272. The van der Waals surface area contributed by atoms with Gasteiger partial charge in [0, 0.05) is 15.7 Å². The minimum Gasteiger partial charge on any atom is -0.399 e. The molecule has 1 fully saturated rings. The minimum atomic E-state index is 0.393.